The van der Waals surface area contributed by atoms with Gasteiger partial charge in [0.25, 0.3) is 11.7 Å². The summed E-state index contributed by atoms with van der Waals surface area (Å²) in [5.41, 5.74) is 0.110. The average Bonchev–Trinajstić information content (AvgIpc) is 3.48. The molecule has 2 bridgehead atoms. The minimum absolute atomic E-state index is 0.0181. The lowest BCUT2D eigenvalue weighted by Crippen LogP contribution is -2.67. The third kappa shape index (κ3) is 6.32. The Labute approximate surface area is 247 Å². The van der Waals surface area contributed by atoms with Gasteiger partial charge in [-0.25, -0.2) is 0 Å². The van der Waals surface area contributed by atoms with Crippen LogP contribution in [0.25, 0.3) is 0 Å². The maximum atomic E-state index is 13.7. The van der Waals surface area contributed by atoms with Gasteiger partial charge in [-0.2, -0.15) is 0 Å². The fourth-order valence-electron chi connectivity index (χ4n) is 6.59. The van der Waals surface area contributed by atoms with Crippen LogP contribution in [0, 0.1) is 11.8 Å². The van der Waals surface area contributed by atoms with Crippen LogP contribution < -0.4 is 14.2 Å². The summed E-state index contributed by atoms with van der Waals surface area (Å²) in [6, 6.07) is 2.02. The normalized spacial score (nSPS) is 23.4. The van der Waals surface area contributed by atoms with Crippen molar-refractivity contribution >= 4 is 23.6 Å². The lowest BCUT2D eigenvalue weighted by molar-refractivity contribution is -0.159. The summed E-state index contributed by atoms with van der Waals surface area (Å²) in [5, 5.41) is 0. The Kier molecular flexibility index (Phi) is 10.3. The van der Waals surface area contributed by atoms with E-state index in [4.69, 9.17) is 18.9 Å². The number of ether oxygens (including phenoxy) is 4. The Balaban J connectivity index is 1.42. The molecule has 0 aromatic heterocycles. The van der Waals surface area contributed by atoms with Gasteiger partial charge >= 0.3 is 5.97 Å². The van der Waals surface area contributed by atoms with Crippen molar-refractivity contribution in [2.45, 2.75) is 69.5 Å². The highest BCUT2D eigenvalue weighted by atomic mass is 16.5. The highest BCUT2D eigenvalue weighted by Gasteiger charge is 2.49. The molecule has 3 aliphatic rings. The van der Waals surface area contributed by atoms with E-state index in [-0.39, 0.29) is 52.9 Å². The Morgan fingerprint density at radius 2 is 1.62 bits per heavy atom. The molecule has 10 heteroatoms. The number of methoxy groups -OCH3 is 3. The first-order valence-corrected chi connectivity index (χ1v) is 14.6. The highest BCUT2D eigenvalue weighted by molar-refractivity contribution is 6.43. The number of nitrogens with zero attached hydrogens (tertiary/aromatic N) is 2. The monoisotopic (exact) mass is 582 g/mol. The molecule has 2 amide bonds. The van der Waals surface area contributed by atoms with Crippen molar-refractivity contribution in [1.29, 1.82) is 0 Å². The van der Waals surface area contributed by atoms with Crippen molar-refractivity contribution in [2.75, 3.05) is 34.5 Å². The molecular weight excluding hydrogens is 540 g/mol. The fourth-order valence-corrected chi connectivity index (χ4v) is 6.59. The van der Waals surface area contributed by atoms with Crippen LogP contribution in [-0.2, 0) is 19.1 Å². The van der Waals surface area contributed by atoms with Crippen LogP contribution in [0.3, 0.4) is 0 Å². The number of likely N-dealkylation sites (tertiary alicyclic amines) is 1. The van der Waals surface area contributed by atoms with E-state index in [1.807, 2.05) is 4.90 Å². The van der Waals surface area contributed by atoms with E-state index in [2.05, 4.69) is 13.2 Å². The predicted octanol–water partition coefficient (Wildman–Crippen LogP) is 3.97. The zero-order valence-corrected chi connectivity index (χ0v) is 24.8. The second-order valence-corrected chi connectivity index (χ2v) is 11.3. The maximum absolute atomic E-state index is 13.7. The van der Waals surface area contributed by atoms with Gasteiger partial charge in [-0.3, -0.25) is 19.2 Å². The molecule has 4 atom stereocenters. The Bertz CT molecular complexity index is 1180. The number of rotatable bonds is 13. The van der Waals surface area contributed by atoms with Gasteiger partial charge in [0.2, 0.25) is 11.7 Å². The Morgan fingerprint density at radius 1 is 0.952 bits per heavy atom. The van der Waals surface area contributed by atoms with Gasteiger partial charge in [-0.15, -0.1) is 13.2 Å². The third-order valence-electron chi connectivity index (χ3n) is 8.73. The summed E-state index contributed by atoms with van der Waals surface area (Å²) < 4.78 is 21.7. The summed E-state index contributed by atoms with van der Waals surface area (Å²) in [6.45, 7) is 8.15. The van der Waals surface area contributed by atoms with E-state index in [1.54, 1.807) is 12.2 Å². The van der Waals surface area contributed by atoms with Crippen molar-refractivity contribution in [2.24, 2.45) is 11.8 Å². The summed E-state index contributed by atoms with van der Waals surface area (Å²) >= 11 is 0. The molecule has 2 aliphatic heterocycles. The number of amides is 2. The summed E-state index contributed by atoms with van der Waals surface area (Å²) in [7, 11) is 4.34. The van der Waals surface area contributed by atoms with E-state index < -0.39 is 17.7 Å². The zero-order valence-electron chi connectivity index (χ0n) is 24.8. The number of carbonyl (C=O) groups is 4. The van der Waals surface area contributed by atoms with Crippen LogP contribution in [0.5, 0.6) is 17.2 Å². The van der Waals surface area contributed by atoms with Crippen LogP contribution in [-0.4, -0.2) is 86.0 Å². The average molecular weight is 583 g/mol. The maximum Gasteiger partial charge on any atom is 0.309 e. The van der Waals surface area contributed by atoms with E-state index in [0.717, 1.165) is 32.1 Å². The van der Waals surface area contributed by atoms with Crippen LogP contribution >= 0.6 is 0 Å². The van der Waals surface area contributed by atoms with E-state index >= 15 is 0 Å². The predicted molar refractivity (Wildman–Crippen MR) is 156 cm³/mol. The molecule has 4 unspecified atom stereocenters. The number of fused-ring (bicyclic) bond motifs is 2. The number of Topliss-reactive ketones (excluding diaryl/α,β-unsaturated/α-hetero) is 1. The Hall–Kier alpha value is -3.82. The first-order chi connectivity index (χ1) is 20.3. The van der Waals surface area contributed by atoms with Gasteiger partial charge in [-0.1, -0.05) is 12.2 Å². The molecule has 42 heavy (non-hydrogen) atoms. The molecule has 0 radical (unpaired) electrons. The van der Waals surface area contributed by atoms with Gasteiger partial charge in [0.1, 0.15) is 6.04 Å². The van der Waals surface area contributed by atoms with Gasteiger partial charge < -0.3 is 28.7 Å². The lowest BCUT2D eigenvalue weighted by Gasteiger charge is -2.50. The van der Waals surface area contributed by atoms with Gasteiger partial charge in [0, 0.05) is 18.2 Å². The summed E-state index contributed by atoms with van der Waals surface area (Å²) in [4.78, 5) is 56.8. The largest absolute Gasteiger partial charge is 0.493 e. The van der Waals surface area contributed by atoms with E-state index in [1.165, 1.54) is 38.4 Å². The standard InChI is InChI=1S/C32H42N2O8/c1-6-9-21(10-7-2)32(38)42-19-20-13-14-23(15-20)33-18-24-11-8-12-25(30(33)36)34(24)31(37)28(35)22-16-26(39-3)29(41-5)27(17-22)40-4/h6-7,16-17,20-21,23-25H,1-2,8-15,18-19H2,3-5H3. The number of carbonyl (C=O) groups excluding carboxylic acids is 4. The van der Waals surface area contributed by atoms with Crippen LogP contribution in [0.4, 0.5) is 0 Å². The highest BCUT2D eigenvalue weighted by Crippen LogP contribution is 2.40. The molecular formula is C32H42N2O8. The Morgan fingerprint density at radius 3 is 2.21 bits per heavy atom. The number of allylic oxidation sites excluding steroid dienone is 2. The number of ketones is 1. The number of esters is 1. The minimum Gasteiger partial charge on any atom is -0.493 e. The van der Waals surface area contributed by atoms with Crippen molar-refractivity contribution in [3.63, 3.8) is 0 Å². The molecule has 0 spiro atoms. The molecule has 1 aromatic rings. The second-order valence-electron chi connectivity index (χ2n) is 11.3. The third-order valence-corrected chi connectivity index (χ3v) is 8.73. The first-order valence-electron chi connectivity index (χ1n) is 14.6. The molecule has 2 heterocycles. The first kappa shape index (κ1) is 31.1. The number of hydrogen-bond donors (Lipinski definition) is 0. The second kappa shape index (κ2) is 13.9. The van der Waals surface area contributed by atoms with Crippen molar-refractivity contribution in [3.8, 4) is 17.2 Å². The molecule has 1 saturated carbocycles. The number of piperidine rings is 1. The summed E-state index contributed by atoms with van der Waals surface area (Å²) in [5.74, 6) is -1.02. The van der Waals surface area contributed by atoms with E-state index in [9.17, 15) is 19.2 Å². The van der Waals surface area contributed by atoms with E-state index in [0.29, 0.717) is 38.2 Å². The fraction of sp³-hybridized carbons (Fsp3) is 0.562. The van der Waals surface area contributed by atoms with Crippen LogP contribution in [0.1, 0.15) is 61.7 Å². The number of piperazine rings is 1. The molecule has 2 saturated heterocycles. The van der Waals surface area contributed by atoms with Crippen molar-refractivity contribution in [1.82, 2.24) is 9.80 Å². The van der Waals surface area contributed by atoms with Gasteiger partial charge in [0.15, 0.2) is 11.5 Å². The molecule has 0 N–H and O–H groups in total. The number of benzene rings is 1. The molecule has 228 valence electrons. The van der Waals surface area contributed by atoms with Crippen LogP contribution in [0.2, 0.25) is 0 Å². The smallest absolute Gasteiger partial charge is 0.309 e. The molecule has 3 fully saturated rings. The minimum atomic E-state index is -0.721. The van der Waals surface area contributed by atoms with Crippen molar-refractivity contribution in [3.05, 3.63) is 43.0 Å². The SMILES string of the molecule is C=CCC(CC=C)C(=O)OCC1CCC(N2CC3CCCC(C2=O)N3C(=O)C(=O)c2cc(OC)c(OC)c(OC)c2)C1. The van der Waals surface area contributed by atoms with Crippen molar-refractivity contribution < 1.29 is 38.1 Å². The topological polar surface area (TPSA) is 112 Å². The zero-order chi connectivity index (χ0) is 30.4. The van der Waals surface area contributed by atoms with Crippen LogP contribution in [0.15, 0.2) is 37.4 Å². The molecule has 4 rings (SSSR count). The quantitative estimate of drug-likeness (QED) is 0.149. The van der Waals surface area contributed by atoms with Gasteiger partial charge in [0.05, 0.1) is 39.9 Å². The molecule has 10 nitrogen and oxygen atoms in total. The molecule has 1 aromatic carbocycles. The number of hydrogen-bond acceptors (Lipinski definition) is 8. The lowest BCUT2D eigenvalue weighted by atomic mass is 9.88. The molecule has 1 aliphatic carbocycles. The summed E-state index contributed by atoms with van der Waals surface area (Å²) in [6.07, 6.45) is 8.97. The van der Waals surface area contributed by atoms with Gasteiger partial charge in [-0.05, 0) is 69.4 Å².